The van der Waals surface area contributed by atoms with Gasteiger partial charge in [-0.15, -0.1) is 11.3 Å². The second-order valence-corrected chi connectivity index (χ2v) is 10.4. The number of nitrogens with zero attached hydrogens (tertiary/aromatic N) is 2. The number of fused-ring (bicyclic) bond motifs is 1. The molecule has 2 unspecified atom stereocenters. The topological polar surface area (TPSA) is 94.8 Å². The molecule has 0 saturated carbocycles. The molecule has 3 heterocycles. The zero-order valence-electron chi connectivity index (χ0n) is 19.4. The molecule has 1 aliphatic heterocycles. The van der Waals surface area contributed by atoms with Crippen LogP contribution in [0.25, 0.3) is 10.2 Å². The van der Waals surface area contributed by atoms with Gasteiger partial charge in [-0.05, 0) is 49.6 Å². The smallest absolute Gasteiger partial charge is 0.257 e. The minimum atomic E-state index is -0.780. The van der Waals surface area contributed by atoms with Crippen LogP contribution in [0, 0.1) is 6.92 Å². The number of hydrogen-bond donors (Lipinski definition) is 3. The quantitative estimate of drug-likeness (QED) is 0.460. The molecule has 3 aromatic rings. The molecule has 1 amide bonds. The Morgan fingerprint density at radius 1 is 1.29 bits per heavy atom. The van der Waals surface area contributed by atoms with Gasteiger partial charge in [-0.1, -0.05) is 30.2 Å². The molecule has 0 radical (unpaired) electrons. The summed E-state index contributed by atoms with van der Waals surface area (Å²) in [6.07, 6.45) is 3.72. The van der Waals surface area contributed by atoms with E-state index >= 15 is 0 Å². The molecule has 1 saturated heterocycles. The maximum absolute atomic E-state index is 13.3. The number of halogens is 1. The number of hydrogen-bond acceptors (Lipinski definition) is 6. The van der Waals surface area contributed by atoms with Crippen LogP contribution in [0.5, 0.6) is 0 Å². The molecule has 1 fully saturated rings. The van der Waals surface area contributed by atoms with Crippen molar-refractivity contribution >= 4 is 39.1 Å². The van der Waals surface area contributed by atoms with E-state index in [1.165, 1.54) is 11.3 Å². The van der Waals surface area contributed by atoms with Gasteiger partial charge in [0.15, 0.2) is 0 Å². The van der Waals surface area contributed by atoms with Gasteiger partial charge >= 0.3 is 0 Å². The fourth-order valence-corrected chi connectivity index (χ4v) is 6.16. The Morgan fingerprint density at radius 2 is 2.03 bits per heavy atom. The van der Waals surface area contributed by atoms with E-state index in [2.05, 4.69) is 10.2 Å². The number of nitrogens with one attached hydrogen (secondary N) is 1. The van der Waals surface area contributed by atoms with E-state index in [1.54, 1.807) is 18.3 Å². The number of thiophene rings is 1. The van der Waals surface area contributed by atoms with Crippen LogP contribution >= 0.6 is 22.9 Å². The number of benzene rings is 1. The first-order chi connectivity index (χ1) is 16.3. The highest BCUT2D eigenvalue weighted by Crippen LogP contribution is 2.32. The molecule has 2 aromatic heterocycles. The Balaban J connectivity index is 1.60. The summed E-state index contributed by atoms with van der Waals surface area (Å²) < 4.78 is 2.41. The van der Waals surface area contributed by atoms with Gasteiger partial charge in [0.25, 0.3) is 5.91 Å². The van der Waals surface area contributed by atoms with Crippen LogP contribution in [0.4, 0.5) is 0 Å². The predicted molar refractivity (Wildman–Crippen MR) is 136 cm³/mol. The number of pyridine rings is 1. The molecule has 9 heteroatoms. The predicted octanol–water partition coefficient (Wildman–Crippen LogP) is 3.20. The van der Waals surface area contributed by atoms with Gasteiger partial charge in [0, 0.05) is 42.3 Å². The first kappa shape index (κ1) is 24.9. The zero-order valence-corrected chi connectivity index (χ0v) is 21.0. The first-order valence-electron chi connectivity index (χ1n) is 11.5. The first-order valence-corrected chi connectivity index (χ1v) is 12.7. The monoisotopic (exact) mass is 503 g/mol. The van der Waals surface area contributed by atoms with Gasteiger partial charge in [-0.25, -0.2) is 0 Å². The number of carbonyl (C=O) groups excluding carboxylic acids is 1. The molecule has 1 aromatic carbocycles. The van der Waals surface area contributed by atoms with Gasteiger partial charge in [-0.2, -0.15) is 0 Å². The number of aliphatic hydroxyl groups is 2. The average Bonchev–Trinajstić information content (AvgIpc) is 3.17. The van der Waals surface area contributed by atoms with E-state index in [0.29, 0.717) is 22.8 Å². The van der Waals surface area contributed by atoms with Crippen LogP contribution in [0.15, 0.2) is 35.3 Å². The Bertz CT molecular complexity index is 1240. The van der Waals surface area contributed by atoms with E-state index in [1.807, 2.05) is 30.7 Å². The van der Waals surface area contributed by atoms with Crippen LogP contribution in [0.1, 0.15) is 45.6 Å². The van der Waals surface area contributed by atoms with Crippen LogP contribution in [-0.2, 0) is 20.1 Å². The van der Waals surface area contributed by atoms with Crippen molar-refractivity contribution < 1.29 is 15.0 Å². The minimum absolute atomic E-state index is 0.0990. The zero-order chi connectivity index (χ0) is 24.4. The summed E-state index contributed by atoms with van der Waals surface area (Å²) in [5.74, 6) is -0.410. The molecule has 34 heavy (non-hydrogen) atoms. The number of piperidine rings is 1. The van der Waals surface area contributed by atoms with Crippen molar-refractivity contribution in [3.05, 3.63) is 67.3 Å². The average molecular weight is 504 g/mol. The Kier molecular flexibility index (Phi) is 7.74. The molecule has 7 nitrogen and oxygen atoms in total. The van der Waals surface area contributed by atoms with E-state index in [9.17, 15) is 19.8 Å². The van der Waals surface area contributed by atoms with Crippen molar-refractivity contribution in [2.75, 3.05) is 13.2 Å². The third-order valence-corrected chi connectivity index (χ3v) is 8.11. The summed E-state index contributed by atoms with van der Waals surface area (Å²) in [7, 11) is 1.85. The van der Waals surface area contributed by atoms with Crippen LogP contribution < -0.4 is 10.7 Å². The van der Waals surface area contributed by atoms with Gasteiger partial charge in [0.1, 0.15) is 5.56 Å². The second kappa shape index (κ2) is 10.6. The Hall–Kier alpha value is -2.23. The van der Waals surface area contributed by atoms with E-state index in [-0.39, 0.29) is 23.6 Å². The van der Waals surface area contributed by atoms with Crippen molar-refractivity contribution in [3.8, 4) is 0 Å². The number of rotatable bonds is 7. The molecule has 0 aliphatic carbocycles. The molecule has 2 atom stereocenters. The SMILES string of the molecule is Cc1c(CN2CCCCC2C(O)CO)sc2c(=O)c(C(=O)NCc3ccc(Cl)cc3)cn(C)c12. The highest BCUT2D eigenvalue weighted by Gasteiger charge is 2.29. The van der Waals surface area contributed by atoms with E-state index < -0.39 is 12.0 Å². The van der Waals surface area contributed by atoms with Crippen LogP contribution in [0.2, 0.25) is 5.02 Å². The number of aryl methyl sites for hydroxylation is 2. The number of carbonyl (C=O) groups is 1. The molecule has 3 N–H and O–H groups in total. The number of likely N-dealkylation sites (tertiary alicyclic amines) is 1. The van der Waals surface area contributed by atoms with Gasteiger partial charge < -0.3 is 20.1 Å². The fourth-order valence-electron chi connectivity index (χ4n) is 4.72. The normalized spacial score (nSPS) is 17.7. The van der Waals surface area contributed by atoms with Gasteiger partial charge in [0.05, 0.1) is 22.9 Å². The summed E-state index contributed by atoms with van der Waals surface area (Å²) in [5.41, 5.74) is 2.58. The number of aliphatic hydroxyl groups excluding tert-OH is 2. The highest BCUT2D eigenvalue weighted by atomic mass is 35.5. The number of aromatic nitrogens is 1. The van der Waals surface area contributed by atoms with E-state index in [4.69, 9.17) is 11.6 Å². The summed E-state index contributed by atoms with van der Waals surface area (Å²) in [6, 6.07) is 7.09. The van der Waals surface area contributed by atoms with Crippen molar-refractivity contribution in [1.82, 2.24) is 14.8 Å². The summed E-state index contributed by atoms with van der Waals surface area (Å²) in [5, 5.41) is 23.2. The summed E-state index contributed by atoms with van der Waals surface area (Å²) in [4.78, 5) is 29.4. The lowest BCUT2D eigenvalue weighted by Crippen LogP contribution is -2.47. The summed E-state index contributed by atoms with van der Waals surface area (Å²) >= 11 is 7.33. The molecule has 1 aliphatic rings. The molecular formula is C25H30ClN3O4S. The van der Waals surface area contributed by atoms with Crippen LogP contribution in [0.3, 0.4) is 0 Å². The molecular weight excluding hydrogens is 474 g/mol. The molecule has 182 valence electrons. The number of amides is 1. The standard InChI is InChI=1S/C25H30ClN3O4S/c1-15-21(13-29-10-4-3-5-19(29)20(31)14-30)34-24-22(15)28(2)12-18(23(24)32)25(33)27-11-16-6-8-17(26)9-7-16/h6-9,12,19-20,30-31H,3-5,10-11,13-14H2,1-2H3,(H,27,33). The lowest BCUT2D eigenvalue weighted by atomic mass is 9.97. The fraction of sp³-hybridized carbons (Fsp3) is 0.440. The molecule has 0 spiro atoms. The molecule has 4 rings (SSSR count). The van der Waals surface area contributed by atoms with Crippen molar-refractivity contribution in [2.24, 2.45) is 7.05 Å². The lowest BCUT2D eigenvalue weighted by Gasteiger charge is -2.37. The lowest BCUT2D eigenvalue weighted by molar-refractivity contribution is -0.00898. The van der Waals surface area contributed by atoms with Gasteiger partial charge in [-0.3, -0.25) is 14.5 Å². The van der Waals surface area contributed by atoms with Gasteiger partial charge in [0.2, 0.25) is 5.43 Å². The molecule has 0 bridgehead atoms. The minimum Gasteiger partial charge on any atom is -0.394 e. The summed E-state index contributed by atoms with van der Waals surface area (Å²) in [6.45, 7) is 3.47. The van der Waals surface area contributed by atoms with Crippen LogP contribution in [-0.4, -0.2) is 50.9 Å². The maximum atomic E-state index is 13.3. The highest BCUT2D eigenvalue weighted by molar-refractivity contribution is 7.19. The Morgan fingerprint density at radius 3 is 2.74 bits per heavy atom. The van der Waals surface area contributed by atoms with Crippen molar-refractivity contribution in [3.63, 3.8) is 0 Å². The van der Waals surface area contributed by atoms with Crippen molar-refractivity contribution in [1.29, 1.82) is 0 Å². The largest absolute Gasteiger partial charge is 0.394 e. The second-order valence-electron chi connectivity index (χ2n) is 8.90. The van der Waals surface area contributed by atoms with Crippen molar-refractivity contribution in [2.45, 2.75) is 51.4 Å². The maximum Gasteiger partial charge on any atom is 0.257 e. The van der Waals surface area contributed by atoms with E-state index in [0.717, 1.165) is 47.3 Å². The third kappa shape index (κ3) is 5.06. The Labute approximate surface area is 207 Å². The third-order valence-electron chi connectivity index (χ3n) is 6.59.